The van der Waals surface area contributed by atoms with Crippen molar-refractivity contribution in [3.05, 3.63) is 0 Å². The molecule has 2 nitrogen and oxygen atoms in total. The molecule has 0 amide bonds. The van der Waals surface area contributed by atoms with Crippen LogP contribution in [0.2, 0.25) is 0 Å². The number of nitrogens with zero attached hydrogens (tertiary/aromatic N) is 1. The molecule has 1 aliphatic heterocycles. The summed E-state index contributed by atoms with van der Waals surface area (Å²) in [5.74, 6) is 0. The van der Waals surface area contributed by atoms with E-state index < -0.39 is 0 Å². The van der Waals surface area contributed by atoms with E-state index in [9.17, 15) is 0 Å². The zero-order valence-electron chi connectivity index (χ0n) is 10.1. The maximum absolute atomic E-state index is 3.46. The van der Waals surface area contributed by atoms with Gasteiger partial charge in [0.2, 0.25) is 0 Å². The number of hydrogen-bond acceptors (Lipinski definition) is 2. The minimum Gasteiger partial charge on any atom is -0.315 e. The van der Waals surface area contributed by atoms with Crippen molar-refractivity contribution in [1.82, 2.24) is 10.2 Å². The monoisotopic (exact) mass is 198 g/mol. The van der Waals surface area contributed by atoms with E-state index in [1.165, 1.54) is 38.8 Å². The lowest BCUT2D eigenvalue weighted by Gasteiger charge is -2.21. The summed E-state index contributed by atoms with van der Waals surface area (Å²) in [6.07, 6.45) is 5.47. The average molecular weight is 198 g/mol. The Bertz CT molecular complexity index is 147. The molecule has 0 bridgehead atoms. The van der Waals surface area contributed by atoms with Crippen molar-refractivity contribution in [3.63, 3.8) is 0 Å². The summed E-state index contributed by atoms with van der Waals surface area (Å²) >= 11 is 0. The molecule has 1 N–H and O–H groups in total. The van der Waals surface area contributed by atoms with Crippen LogP contribution in [-0.2, 0) is 0 Å². The van der Waals surface area contributed by atoms with E-state index in [0.29, 0.717) is 6.04 Å². The van der Waals surface area contributed by atoms with Crippen molar-refractivity contribution in [2.75, 3.05) is 19.6 Å². The second-order valence-electron chi connectivity index (χ2n) is 4.63. The van der Waals surface area contributed by atoms with Crippen LogP contribution in [0.25, 0.3) is 0 Å². The van der Waals surface area contributed by atoms with E-state index in [4.69, 9.17) is 0 Å². The van der Waals surface area contributed by atoms with Crippen LogP contribution < -0.4 is 5.32 Å². The smallest absolute Gasteiger partial charge is 0.00674 e. The SMILES string of the molecule is CCNC(C)CCCN1CCCC1C. The number of hydrogen-bond donors (Lipinski definition) is 1. The van der Waals surface area contributed by atoms with Gasteiger partial charge in [-0.05, 0) is 59.2 Å². The van der Waals surface area contributed by atoms with Crippen molar-refractivity contribution in [2.45, 2.75) is 58.5 Å². The number of likely N-dealkylation sites (tertiary alicyclic amines) is 1. The Kier molecular flexibility index (Phi) is 5.49. The van der Waals surface area contributed by atoms with E-state index in [-0.39, 0.29) is 0 Å². The van der Waals surface area contributed by atoms with Crippen LogP contribution in [-0.4, -0.2) is 36.6 Å². The van der Waals surface area contributed by atoms with Crippen molar-refractivity contribution in [2.24, 2.45) is 0 Å². The zero-order chi connectivity index (χ0) is 10.4. The quantitative estimate of drug-likeness (QED) is 0.704. The Morgan fingerprint density at radius 1 is 1.50 bits per heavy atom. The van der Waals surface area contributed by atoms with Gasteiger partial charge in [-0.3, -0.25) is 0 Å². The Hall–Kier alpha value is -0.0800. The van der Waals surface area contributed by atoms with Crippen molar-refractivity contribution >= 4 is 0 Å². The first-order valence-electron chi connectivity index (χ1n) is 6.21. The second-order valence-corrected chi connectivity index (χ2v) is 4.63. The first-order valence-corrected chi connectivity index (χ1v) is 6.21. The lowest BCUT2D eigenvalue weighted by molar-refractivity contribution is 0.259. The molecule has 14 heavy (non-hydrogen) atoms. The standard InChI is InChI=1S/C12H26N2/c1-4-13-11(2)7-5-9-14-10-6-8-12(14)3/h11-13H,4-10H2,1-3H3. The van der Waals surface area contributed by atoms with Gasteiger partial charge in [0, 0.05) is 12.1 Å². The minimum absolute atomic E-state index is 0.693. The van der Waals surface area contributed by atoms with Crippen molar-refractivity contribution in [3.8, 4) is 0 Å². The highest BCUT2D eigenvalue weighted by molar-refractivity contribution is 4.75. The third-order valence-corrected chi connectivity index (χ3v) is 3.33. The van der Waals surface area contributed by atoms with Crippen LogP contribution in [0, 0.1) is 0 Å². The average Bonchev–Trinajstić information content (AvgIpc) is 2.52. The molecule has 0 spiro atoms. The van der Waals surface area contributed by atoms with E-state index in [0.717, 1.165) is 12.6 Å². The Morgan fingerprint density at radius 2 is 2.29 bits per heavy atom. The van der Waals surface area contributed by atoms with Gasteiger partial charge in [-0.25, -0.2) is 0 Å². The molecule has 2 unspecified atom stereocenters. The van der Waals surface area contributed by atoms with Crippen LogP contribution in [0.5, 0.6) is 0 Å². The fourth-order valence-electron chi connectivity index (χ4n) is 2.38. The molecule has 0 radical (unpaired) electrons. The molecular formula is C12H26N2. The Balaban J connectivity index is 2.03. The van der Waals surface area contributed by atoms with Crippen LogP contribution in [0.3, 0.4) is 0 Å². The van der Waals surface area contributed by atoms with Crippen molar-refractivity contribution < 1.29 is 0 Å². The summed E-state index contributed by atoms with van der Waals surface area (Å²) in [7, 11) is 0. The van der Waals surface area contributed by atoms with E-state index in [2.05, 4.69) is 31.0 Å². The van der Waals surface area contributed by atoms with Crippen LogP contribution in [0.15, 0.2) is 0 Å². The summed E-state index contributed by atoms with van der Waals surface area (Å²) in [5, 5.41) is 3.46. The second kappa shape index (κ2) is 6.41. The number of rotatable bonds is 6. The van der Waals surface area contributed by atoms with Gasteiger partial charge in [-0.15, -0.1) is 0 Å². The zero-order valence-corrected chi connectivity index (χ0v) is 10.1. The topological polar surface area (TPSA) is 15.3 Å². The molecule has 0 aromatic rings. The maximum Gasteiger partial charge on any atom is 0.00674 e. The molecule has 0 aromatic carbocycles. The lowest BCUT2D eigenvalue weighted by Crippen LogP contribution is -2.30. The van der Waals surface area contributed by atoms with Gasteiger partial charge in [0.1, 0.15) is 0 Å². The summed E-state index contributed by atoms with van der Waals surface area (Å²) in [6, 6.07) is 1.53. The first kappa shape index (κ1) is 12.0. The predicted molar refractivity (Wildman–Crippen MR) is 62.6 cm³/mol. The van der Waals surface area contributed by atoms with Crippen molar-refractivity contribution in [1.29, 1.82) is 0 Å². The highest BCUT2D eigenvalue weighted by Crippen LogP contribution is 2.16. The molecule has 1 fully saturated rings. The molecule has 2 heteroatoms. The highest BCUT2D eigenvalue weighted by atomic mass is 15.2. The summed E-state index contributed by atoms with van der Waals surface area (Å²) in [4.78, 5) is 2.64. The molecule has 1 aliphatic rings. The Morgan fingerprint density at radius 3 is 2.86 bits per heavy atom. The normalized spacial score (nSPS) is 25.5. The summed E-state index contributed by atoms with van der Waals surface area (Å²) < 4.78 is 0. The molecule has 2 atom stereocenters. The molecule has 1 saturated heterocycles. The van der Waals surface area contributed by atoms with Crippen LogP contribution in [0.4, 0.5) is 0 Å². The lowest BCUT2D eigenvalue weighted by atomic mass is 10.1. The largest absolute Gasteiger partial charge is 0.315 e. The fourth-order valence-corrected chi connectivity index (χ4v) is 2.38. The summed E-state index contributed by atoms with van der Waals surface area (Å²) in [5.41, 5.74) is 0. The van der Waals surface area contributed by atoms with E-state index in [1.54, 1.807) is 0 Å². The van der Waals surface area contributed by atoms with Crippen LogP contribution in [0.1, 0.15) is 46.5 Å². The van der Waals surface area contributed by atoms with Gasteiger partial charge in [-0.2, -0.15) is 0 Å². The third-order valence-electron chi connectivity index (χ3n) is 3.33. The molecule has 1 heterocycles. The van der Waals surface area contributed by atoms with Gasteiger partial charge in [0.25, 0.3) is 0 Å². The highest BCUT2D eigenvalue weighted by Gasteiger charge is 2.19. The predicted octanol–water partition coefficient (Wildman–Crippen LogP) is 2.25. The first-order chi connectivity index (χ1) is 6.74. The van der Waals surface area contributed by atoms with E-state index in [1.807, 2.05) is 0 Å². The van der Waals surface area contributed by atoms with Gasteiger partial charge < -0.3 is 10.2 Å². The molecular weight excluding hydrogens is 172 g/mol. The maximum atomic E-state index is 3.46. The summed E-state index contributed by atoms with van der Waals surface area (Å²) in [6.45, 7) is 10.6. The van der Waals surface area contributed by atoms with Crippen LogP contribution >= 0.6 is 0 Å². The molecule has 0 aliphatic carbocycles. The Labute approximate surface area is 89.1 Å². The minimum atomic E-state index is 0.693. The van der Waals surface area contributed by atoms with E-state index >= 15 is 0 Å². The van der Waals surface area contributed by atoms with Gasteiger partial charge >= 0.3 is 0 Å². The van der Waals surface area contributed by atoms with Gasteiger partial charge in [0.15, 0.2) is 0 Å². The molecule has 1 rings (SSSR count). The fraction of sp³-hybridized carbons (Fsp3) is 1.00. The third kappa shape index (κ3) is 3.97. The van der Waals surface area contributed by atoms with Gasteiger partial charge in [0.05, 0.1) is 0 Å². The molecule has 0 aromatic heterocycles. The number of nitrogens with one attached hydrogen (secondary N) is 1. The molecule has 0 saturated carbocycles. The van der Waals surface area contributed by atoms with Gasteiger partial charge in [-0.1, -0.05) is 6.92 Å². The molecule has 84 valence electrons.